The van der Waals surface area contributed by atoms with Crippen LogP contribution >= 0.6 is 0 Å². The number of ether oxygens (including phenoxy) is 1. The molecule has 1 aliphatic heterocycles. The molecule has 1 heterocycles. The van der Waals surface area contributed by atoms with E-state index >= 15 is 0 Å². The standard InChI is InChI=1S/C31H42N2O4/c1-6-9-20-37-26-13-10-12-25(21-26)29(34)27-28(24-16-14-23(15-17-24)22(4)5)33(31(36)30(27)35)19-11-18-32(7-2)8-3/h10,12-17,21-22,28,34H,6-9,11,18-20H2,1-5H3. The van der Waals surface area contributed by atoms with Crippen molar-refractivity contribution in [3.63, 3.8) is 0 Å². The number of carbonyl (C=O) groups excluding carboxylic acids is 2. The minimum atomic E-state index is -0.643. The maximum Gasteiger partial charge on any atom is 0.295 e. The highest BCUT2D eigenvalue weighted by Crippen LogP contribution is 2.40. The van der Waals surface area contributed by atoms with E-state index in [2.05, 4.69) is 39.5 Å². The van der Waals surface area contributed by atoms with Crippen LogP contribution in [0.15, 0.2) is 54.1 Å². The summed E-state index contributed by atoms with van der Waals surface area (Å²) in [7, 11) is 0. The zero-order valence-electron chi connectivity index (χ0n) is 23.0. The van der Waals surface area contributed by atoms with Gasteiger partial charge in [-0.05, 0) is 61.7 Å². The van der Waals surface area contributed by atoms with Crippen LogP contribution in [0.25, 0.3) is 5.76 Å². The Morgan fingerprint density at radius 2 is 1.73 bits per heavy atom. The van der Waals surface area contributed by atoms with Crippen LogP contribution in [-0.2, 0) is 9.59 Å². The van der Waals surface area contributed by atoms with Crippen LogP contribution < -0.4 is 4.74 Å². The Morgan fingerprint density at radius 3 is 2.35 bits per heavy atom. The Kier molecular flexibility index (Phi) is 10.3. The molecule has 1 saturated heterocycles. The van der Waals surface area contributed by atoms with E-state index in [-0.39, 0.29) is 11.3 Å². The van der Waals surface area contributed by atoms with Gasteiger partial charge >= 0.3 is 0 Å². The van der Waals surface area contributed by atoms with Crippen LogP contribution in [0.4, 0.5) is 0 Å². The topological polar surface area (TPSA) is 70.1 Å². The second-order valence-corrected chi connectivity index (χ2v) is 9.92. The zero-order valence-corrected chi connectivity index (χ0v) is 23.0. The number of likely N-dealkylation sites (tertiary alicyclic amines) is 1. The van der Waals surface area contributed by atoms with Crippen LogP contribution in [0.3, 0.4) is 0 Å². The van der Waals surface area contributed by atoms with Crippen molar-refractivity contribution < 1.29 is 19.4 Å². The van der Waals surface area contributed by atoms with E-state index in [1.807, 2.05) is 30.3 Å². The summed E-state index contributed by atoms with van der Waals surface area (Å²) in [5.41, 5.74) is 2.61. The van der Waals surface area contributed by atoms with Gasteiger partial charge in [0.15, 0.2) is 0 Å². The fourth-order valence-electron chi connectivity index (χ4n) is 4.75. The third-order valence-corrected chi connectivity index (χ3v) is 7.10. The molecule has 1 fully saturated rings. The lowest BCUT2D eigenvalue weighted by atomic mass is 9.93. The van der Waals surface area contributed by atoms with E-state index in [0.717, 1.165) is 44.5 Å². The van der Waals surface area contributed by atoms with Gasteiger partial charge in [0.25, 0.3) is 11.7 Å². The van der Waals surface area contributed by atoms with Crippen molar-refractivity contribution in [1.82, 2.24) is 9.80 Å². The monoisotopic (exact) mass is 506 g/mol. The molecule has 1 aliphatic rings. The summed E-state index contributed by atoms with van der Waals surface area (Å²) in [4.78, 5) is 30.5. The van der Waals surface area contributed by atoms with Crippen molar-refractivity contribution in [2.75, 3.05) is 32.8 Å². The van der Waals surface area contributed by atoms with Gasteiger partial charge in [0.1, 0.15) is 11.5 Å². The number of carbonyl (C=O) groups is 2. The summed E-state index contributed by atoms with van der Waals surface area (Å²) in [5.74, 6) is -0.373. The SMILES string of the molecule is CCCCOc1cccc(C(O)=C2C(=O)C(=O)N(CCCN(CC)CC)C2c2ccc(C(C)C)cc2)c1. The molecule has 2 aromatic rings. The van der Waals surface area contributed by atoms with Crippen LogP contribution in [0, 0.1) is 0 Å². The highest BCUT2D eigenvalue weighted by Gasteiger charge is 2.45. The van der Waals surface area contributed by atoms with E-state index in [1.54, 1.807) is 23.1 Å². The van der Waals surface area contributed by atoms with E-state index in [9.17, 15) is 14.7 Å². The summed E-state index contributed by atoms with van der Waals surface area (Å²) in [5, 5.41) is 11.4. The minimum absolute atomic E-state index is 0.135. The predicted molar refractivity (Wildman–Crippen MR) is 149 cm³/mol. The predicted octanol–water partition coefficient (Wildman–Crippen LogP) is 6.14. The third kappa shape index (κ3) is 6.80. The first kappa shape index (κ1) is 28.5. The maximum atomic E-state index is 13.3. The van der Waals surface area contributed by atoms with E-state index in [1.165, 1.54) is 5.56 Å². The van der Waals surface area contributed by atoms with Crippen molar-refractivity contribution in [3.8, 4) is 5.75 Å². The average Bonchev–Trinajstić information content (AvgIpc) is 3.16. The first-order valence-electron chi connectivity index (χ1n) is 13.7. The molecule has 6 heteroatoms. The lowest BCUT2D eigenvalue weighted by Gasteiger charge is -2.27. The normalized spacial score (nSPS) is 17.3. The van der Waals surface area contributed by atoms with Gasteiger partial charge in [-0.25, -0.2) is 0 Å². The lowest BCUT2D eigenvalue weighted by Crippen LogP contribution is -2.33. The largest absolute Gasteiger partial charge is 0.507 e. The quantitative estimate of drug-likeness (QED) is 0.153. The number of amides is 1. The molecule has 0 aromatic heterocycles. The number of aliphatic hydroxyl groups excluding tert-OH is 1. The highest BCUT2D eigenvalue weighted by molar-refractivity contribution is 6.46. The van der Waals surface area contributed by atoms with E-state index in [0.29, 0.717) is 30.4 Å². The Morgan fingerprint density at radius 1 is 1.03 bits per heavy atom. The number of unbranched alkanes of at least 4 members (excludes halogenated alkanes) is 1. The molecule has 1 unspecified atom stereocenters. The number of Topliss-reactive ketones (excluding diaryl/α,β-unsaturated/α-hetero) is 1. The molecule has 37 heavy (non-hydrogen) atoms. The van der Waals surface area contributed by atoms with Crippen molar-refractivity contribution in [3.05, 3.63) is 70.8 Å². The van der Waals surface area contributed by atoms with E-state index < -0.39 is 17.7 Å². The Bertz CT molecular complexity index is 1090. The number of ketones is 1. The molecule has 6 nitrogen and oxygen atoms in total. The second-order valence-electron chi connectivity index (χ2n) is 9.92. The highest BCUT2D eigenvalue weighted by atomic mass is 16.5. The molecular weight excluding hydrogens is 464 g/mol. The van der Waals surface area contributed by atoms with Gasteiger partial charge in [-0.15, -0.1) is 0 Å². The molecule has 3 rings (SSSR count). The number of rotatable bonds is 13. The Hall–Kier alpha value is -3.12. The first-order valence-corrected chi connectivity index (χ1v) is 13.7. The molecule has 0 saturated carbocycles. The summed E-state index contributed by atoms with van der Waals surface area (Å²) < 4.78 is 5.81. The summed E-state index contributed by atoms with van der Waals surface area (Å²) in [6, 6.07) is 14.5. The van der Waals surface area contributed by atoms with Crippen LogP contribution in [0.2, 0.25) is 0 Å². The molecule has 0 bridgehead atoms. The number of aliphatic hydroxyl groups is 1. The van der Waals surface area contributed by atoms with Gasteiger partial charge in [0.2, 0.25) is 0 Å². The van der Waals surface area contributed by atoms with Crippen molar-refractivity contribution in [2.45, 2.75) is 65.8 Å². The molecule has 0 radical (unpaired) electrons. The summed E-state index contributed by atoms with van der Waals surface area (Å²) in [6.45, 7) is 14.3. The fourth-order valence-corrected chi connectivity index (χ4v) is 4.75. The maximum absolute atomic E-state index is 13.3. The molecule has 0 aliphatic carbocycles. The van der Waals surface area contributed by atoms with Gasteiger partial charge < -0.3 is 19.6 Å². The molecule has 1 amide bonds. The molecule has 200 valence electrons. The van der Waals surface area contributed by atoms with Gasteiger partial charge in [-0.1, -0.05) is 77.4 Å². The van der Waals surface area contributed by atoms with Crippen LogP contribution in [-0.4, -0.2) is 59.4 Å². The summed E-state index contributed by atoms with van der Waals surface area (Å²) in [6.07, 6.45) is 2.70. The van der Waals surface area contributed by atoms with Gasteiger partial charge in [-0.3, -0.25) is 9.59 Å². The minimum Gasteiger partial charge on any atom is -0.507 e. The summed E-state index contributed by atoms with van der Waals surface area (Å²) >= 11 is 0. The molecular formula is C31H42N2O4. The number of hydrogen-bond donors (Lipinski definition) is 1. The Labute approximate surface area is 221 Å². The molecule has 1 N–H and O–H groups in total. The molecule has 0 spiro atoms. The van der Waals surface area contributed by atoms with Crippen molar-refractivity contribution in [2.24, 2.45) is 0 Å². The van der Waals surface area contributed by atoms with Crippen LogP contribution in [0.5, 0.6) is 5.75 Å². The van der Waals surface area contributed by atoms with Crippen LogP contribution in [0.1, 0.15) is 82.5 Å². The van der Waals surface area contributed by atoms with E-state index in [4.69, 9.17) is 4.74 Å². The van der Waals surface area contributed by atoms with Crippen molar-refractivity contribution in [1.29, 1.82) is 0 Å². The molecule has 2 aromatic carbocycles. The number of benzene rings is 2. The van der Waals surface area contributed by atoms with Gasteiger partial charge in [0.05, 0.1) is 18.2 Å². The zero-order chi connectivity index (χ0) is 26.9. The van der Waals surface area contributed by atoms with Gasteiger partial charge in [-0.2, -0.15) is 0 Å². The smallest absolute Gasteiger partial charge is 0.295 e. The number of hydrogen-bond acceptors (Lipinski definition) is 5. The number of nitrogens with zero attached hydrogens (tertiary/aromatic N) is 2. The van der Waals surface area contributed by atoms with Gasteiger partial charge in [0, 0.05) is 12.1 Å². The Balaban J connectivity index is 2.01. The molecule has 1 atom stereocenters. The average molecular weight is 507 g/mol. The first-order chi connectivity index (χ1) is 17.8. The lowest BCUT2D eigenvalue weighted by molar-refractivity contribution is -0.140. The van der Waals surface area contributed by atoms with Crippen molar-refractivity contribution >= 4 is 17.4 Å². The third-order valence-electron chi connectivity index (χ3n) is 7.10. The second kappa shape index (κ2) is 13.4. The fraction of sp³-hybridized carbons (Fsp3) is 0.484.